The maximum Gasteiger partial charge on any atom is 0.422 e. The molecule has 0 saturated heterocycles. The van der Waals surface area contributed by atoms with Crippen LogP contribution in [0, 0.1) is 0 Å². The second-order valence-corrected chi connectivity index (χ2v) is 4.67. The molecule has 0 heterocycles. The summed E-state index contributed by atoms with van der Waals surface area (Å²) in [4.78, 5) is 4.41. The fraction of sp³-hybridized carbons (Fsp3) is 0.533. The van der Waals surface area contributed by atoms with Crippen LogP contribution in [0.25, 0.3) is 0 Å². The number of guanidine groups is 1. The van der Waals surface area contributed by atoms with E-state index in [-0.39, 0.29) is 5.75 Å². The molecule has 0 spiro atoms. The molecule has 0 fully saturated rings. The van der Waals surface area contributed by atoms with Crippen LogP contribution in [0.2, 0.25) is 0 Å². The minimum atomic E-state index is -4.32. The van der Waals surface area contributed by atoms with Crippen molar-refractivity contribution in [3.8, 4) is 5.75 Å². The van der Waals surface area contributed by atoms with Crippen molar-refractivity contribution in [3.63, 3.8) is 0 Å². The lowest BCUT2D eigenvalue weighted by molar-refractivity contribution is -0.153. The van der Waals surface area contributed by atoms with Gasteiger partial charge in [-0.05, 0) is 31.0 Å². The van der Waals surface area contributed by atoms with Crippen LogP contribution in [-0.4, -0.2) is 31.8 Å². The van der Waals surface area contributed by atoms with E-state index in [1.807, 2.05) is 6.92 Å². The van der Waals surface area contributed by atoms with E-state index in [0.29, 0.717) is 6.54 Å². The summed E-state index contributed by atoms with van der Waals surface area (Å²) >= 11 is 0. The Hall–Kier alpha value is -1.92. The third kappa shape index (κ3) is 7.75. The standard InChI is InChI=1S/C15H22F3N3O/c1-3-9-20-14(19-4-2)21-10-12-5-7-13(8-6-12)22-11-15(16,17)18/h5-8H,3-4,9-11H2,1-2H3,(H2,19,20,21). The molecule has 22 heavy (non-hydrogen) atoms. The highest BCUT2D eigenvalue weighted by molar-refractivity contribution is 5.79. The largest absolute Gasteiger partial charge is 0.484 e. The van der Waals surface area contributed by atoms with Crippen LogP contribution in [0.1, 0.15) is 25.8 Å². The molecule has 2 N–H and O–H groups in total. The summed E-state index contributed by atoms with van der Waals surface area (Å²) < 4.78 is 40.8. The number of benzene rings is 1. The Morgan fingerprint density at radius 2 is 1.82 bits per heavy atom. The lowest BCUT2D eigenvalue weighted by Crippen LogP contribution is -2.37. The Morgan fingerprint density at radius 3 is 2.36 bits per heavy atom. The summed E-state index contributed by atoms with van der Waals surface area (Å²) in [6.45, 7) is 4.80. The van der Waals surface area contributed by atoms with E-state index in [1.54, 1.807) is 12.1 Å². The van der Waals surface area contributed by atoms with Crippen molar-refractivity contribution in [2.45, 2.75) is 33.0 Å². The second-order valence-electron chi connectivity index (χ2n) is 4.67. The Labute approximate surface area is 128 Å². The van der Waals surface area contributed by atoms with Crippen LogP contribution in [0.15, 0.2) is 29.3 Å². The molecule has 0 aliphatic rings. The van der Waals surface area contributed by atoms with E-state index in [0.717, 1.165) is 31.0 Å². The highest BCUT2D eigenvalue weighted by Gasteiger charge is 2.28. The van der Waals surface area contributed by atoms with Gasteiger partial charge in [0.2, 0.25) is 0 Å². The molecule has 0 unspecified atom stereocenters. The summed E-state index contributed by atoms with van der Waals surface area (Å²) in [7, 11) is 0. The van der Waals surface area contributed by atoms with Gasteiger partial charge in [-0.1, -0.05) is 19.1 Å². The molecule has 0 amide bonds. The van der Waals surface area contributed by atoms with Gasteiger partial charge in [-0.2, -0.15) is 13.2 Å². The number of alkyl halides is 3. The molecule has 0 atom stereocenters. The van der Waals surface area contributed by atoms with Gasteiger partial charge in [0.05, 0.1) is 6.54 Å². The number of hydrogen-bond donors (Lipinski definition) is 2. The van der Waals surface area contributed by atoms with Crippen LogP contribution in [0.3, 0.4) is 0 Å². The number of halogens is 3. The third-order valence-corrected chi connectivity index (χ3v) is 2.63. The van der Waals surface area contributed by atoms with Crippen LogP contribution in [0.5, 0.6) is 5.75 Å². The van der Waals surface area contributed by atoms with E-state index in [9.17, 15) is 13.2 Å². The van der Waals surface area contributed by atoms with Gasteiger partial charge < -0.3 is 15.4 Å². The molecule has 0 aliphatic carbocycles. The number of aliphatic imine (C=N–C) groups is 1. The summed E-state index contributed by atoms with van der Waals surface area (Å²) in [6, 6.07) is 6.45. The van der Waals surface area contributed by atoms with Gasteiger partial charge >= 0.3 is 6.18 Å². The zero-order valence-corrected chi connectivity index (χ0v) is 12.8. The third-order valence-electron chi connectivity index (χ3n) is 2.63. The first kappa shape index (κ1) is 18.1. The van der Waals surface area contributed by atoms with Gasteiger partial charge in [-0.3, -0.25) is 0 Å². The number of rotatable bonds is 7. The fourth-order valence-electron chi connectivity index (χ4n) is 1.61. The molecule has 0 radical (unpaired) electrons. The molecule has 4 nitrogen and oxygen atoms in total. The lowest BCUT2D eigenvalue weighted by atomic mass is 10.2. The van der Waals surface area contributed by atoms with E-state index >= 15 is 0 Å². The molecule has 124 valence electrons. The van der Waals surface area contributed by atoms with Gasteiger partial charge in [0.25, 0.3) is 0 Å². The number of nitrogens with zero attached hydrogens (tertiary/aromatic N) is 1. The van der Waals surface area contributed by atoms with E-state index < -0.39 is 12.8 Å². The molecule has 7 heteroatoms. The number of nitrogens with one attached hydrogen (secondary N) is 2. The Morgan fingerprint density at radius 1 is 1.14 bits per heavy atom. The van der Waals surface area contributed by atoms with Gasteiger partial charge in [0.15, 0.2) is 12.6 Å². The SMILES string of the molecule is CCCNC(=NCc1ccc(OCC(F)(F)F)cc1)NCC. The minimum absolute atomic E-state index is 0.195. The Balaban J connectivity index is 2.55. The van der Waals surface area contributed by atoms with E-state index in [4.69, 9.17) is 0 Å². The normalized spacial score (nSPS) is 12.1. The van der Waals surface area contributed by atoms with Crippen molar-refractivity contribution in [1.82, 2.24) is 10.6 Å². The topological polar surface area (TPSA) is 45.7 Å². The second kappa shape index (κ2) is 9.17. The van der Waals surface area contributed by atoms with Crippen LogP contribution >= 0.6 is 0 Å². The number of ether oxygens (including phenoxy) is 1. The zero-order valence-electron chi connectivity index (χ0n) is 12.8. The van der Waals surface area contributed by atoms with E-state index in [2.05, 4.69) is 27.3 Å². The molecule has 0 aliphatic heterocycles. The molecule has 1 aromatic carbocycles. The van der Waals surface area contributed by atoms with Crippen molar-refractivity contribution in [2.24, 2.45) is 4.99 Å². The van der Waals surface area contributed by atoms with Crippen molar-refractivity contribution in [3.05, 3.63) is 29.8 Å². The maximum absolute atomic E-state index is 12.0. The van der Waals surface area contributed by atoms with Crippen LogP contribution < -0.4 is 15.4 Å². The molecular weight excluding hydrogens is 295 g/mol. The summed E-state index contributed by atoms with van der Waals surface area (Å²) in [5.74, 6) is 0.919. The molecule has 1 aromatic rings. The molecule has 0 aromatic heterocycles. The monoisotopic (exact) mass is 317 g/mol. The average molecular weight is 317 g/mol. The van der Waals surface area contributed by atoms with Crippen molar-refractivity contribution in [1.29, 1.82) is 0 Å². The van der Waals surface area contributed by atoms with Gasteiger partial charge in [-0.25, -0.2) is 4.99 Å². The quantitative estimate of drug-likeness (QED) is 0.600. The van der Waals surface area contributed by atoms with Crippen molar-refractivity contribution < 1.29 is 17.9 Å². The molecule has 0 bridgehead atoms. The van der Waals surface area contributed by atoms with Crippen LogP contribution in [0.4, 0.5) is 13.2 Å². The zero-order chi connectivity index (χ0) is 16.4. The van der Waals surface area contributed by atoms with Gasteiger partial charge in [0, 0.05) is 13.1 Å². The molecular formula is C15H22F3N3O. The first-order chi connectivity index (χ1) is 10.4. The van der Waals surface area contributed by atoms with E-state index in [1.165, 1.54) is 12.1 Å². The summed E-state index contributed by atoms with van der Waals surface area (Å²) in [6.07, 6.45) is -3.33. The minimum Gasteiger partial charge on any atom is -0.484 e. The van der Waals surface area contributed by atoms with Crippen LogP contribution in [-0.2, 0) is 6.54 Å². The fourth-order valence-corrected chi connectivity index (χ4v) is 1.61. The molecule has 1 rings (SSSR count). The summed E-state index contributed by atoms with van der Waals surface area (Å²) in [5.41, 5.74) is 0.896. The van der Waals surface area contributed by atoms with Crippen molar-refractivity contribution in [2.75, 3.05) is 19.7 Å². The van der Waals surface area contributed by atoms with Gasteiger partial charge in [-0.15, -0.1) is 0 Å². The highest BCUT2D eigenvalue weighted by atomic mass is 19.4. The smallest absolute Gasteiger partial charge is 0.422 e. The Bertz CT molecular complexity index is 458. The maximum atomic E-state index is 12.0. The predicted octanol–water partition coefficient (Wildman–Crippen LogP) is 3.09. The highest BCUT2D eigenvalue weighted by Crippen LogP contribution is 2.19. The predicted molar refractivity (Wildman–Crippen MR) is 81.1 cm³/mol. The molecule has 0 saturated carbocycles. The first-order valence-electron chi connectivity index (χ1n) is 7.25. The lowest BCUT2D eigenvalue weighted by Gasteiger charge is -2.11. The van der Waals surface area contributed by atoms with Gasteiger partial charge in [0.1, 0.15) is 5.75 Å². The average Bonchev–Trinajstić information content (AvgIpc) is 2.48. The number of hydrogen-bond acceptors (Lipinski definition) is 2. The first-order valence-corrected chi connectivity index (χ1v) is 7.25. The Kier molecular flexibility index (Phi) is 7.56. The van der Waals surface area contributed by atoms with Crippen molar-refractivity contribution >= 4 is 5.96 Å². The summed E-state index contributed by atoms with van der Waals surface area (Å²) in [5, 5.41) is 6.30.